The molecule has 0 spiro atoms. The maximum absolute atomic E-state index is 5.64. The van der Waals surface area contributed by atoms with Crippen LogP contribution >= 0.6 is 0 Å². The summed E-state index contributed by atoms with van der Waals surface area (Å²) in [6, 6.07) is 3.83. The van der Waals surface area contributed by atoms with Gasteiger partial charge >= 0.3 is 0 Å². The van der Waals surface area contributed by atoms with Crippen LogP contribution in [0.25, 0.3) is 0 Å². The van der Waals surface area contributed by atoms with Crippen molar-refractivity contribution in [1.82, 2.24) is 25.2 Å². The second kappa shape index (κ2) is 5.44. The van der Waals surface area contributed by atoms with Gasteiger partial charge in [-0.1, -0.05) is 11.2 Å². The molecule has 2 rings (SSSR count). The maximum Gasteiger partial charge on any atom is 0.242 e. The van der Waals surface area contributed by atoms with E-state index in [1.165, 1.54) is 0 Å². The summed E-state index contributed by atoms with van der Waals surface area (Å²) in [7, 11) is 1.77. The Kier molecular flexibility index (Phi) is 3.71. The van der Waals surface area contributed by atoms with Gasteiger partial charge in [0.25, 0.3) is 0 Å². The molecule has 2 heterocycles. The monoisotopic (exact) mass is 248 g/mol. The molecule has 0 aliphatic heterocycles. The number of nitrogens with one attached hydrogen (secondary N) is 1. The molecule has 0 aliphatic carbocycles. The largest absolute Gasteiger partial charge is 0.475 e. The highest BCUT2D eigenvalue weighted by Gasteiger charge is 2.08. The standard InChI is InChI=1S/C11H16N6O/c1-8(2)18-10-9(5-4-6-12-10)7-13-11-14-15-16-17(11)3/h4-6,8H,7H2,1-3H3,(H,13,14,16). The summed E-state index contributed by atoms with van der Waals surface area (Å²) in [4.78, 5) is 4.22. The van der Waals surface area contributed by atoms with E-state index >= 15 is 0 Å². The lowest BCUT2D eigenvalue weighted by molar-refractivity contribution is 0.230. The predicted octanol–water partition coefficient (Wildman–Crippen LogP) is 1.00. The normalized spacial score (nSPS) is 10.7. The molecule has 0 aliphatic rings. The van der Waals surface area contributed by atoms with Crippen LogP contribution in [0.4, 0.5) is 5.95 Å². The fraction of sp³-hybridized carbons (Fsp3) is 0.455. The van der Waals surface area contributed by atoms with Crippen LogP contribution in [0.3, 0.4) is 0 Å². The van der Waals surface area contributed by atoms with Gasteiger partial charge in [0.05, 0.1) is 6.10 Å². The van der Waals surface area contributed by atoms with Crippen LogP contribution < -0.4 is 10.1 Å². The van der Waals surface area contributed by atoms with Crippen molar-refractivity contribution in [2.45, 2.75) is 26.5 Å². The third kappa shape index (κ3) is 2.93. The van der Waals surface area contributed by atoms with Crippen molar-refractivity contribution in [3.05, 3.63) is 23.9 Å². The molecule has 18 heavy (non-hydrogen) atoms. The Balaban J connectivity index is 2.07. The van der Waals surface area contributed by atoms with E-state index < -0.39 is 0 Å². The van der Waals surface area contributed by atoms with Gasteiger partial charge in [-0.2, -0.15) is 0 Å². The minimum absolute atomic E-state index is 0.0927. The molecular formula is C11H16N6O. The number of hydrogen-bond acceptors (Lipinski definition) is 6. The highest BCUT2D eigenvalue weighted by Crippen LogP contribution is 2.16. The average Bonchev–Trinajstić information content (AvgIpc) is 2.73. The van der Waals surface area contributed by atoms with Crippen molar-refractivity contribution in [2.24, 2.45) is 7.05 Å². The van der Waals surface area contributed by atoms with Gasteiger partial charge in [0.15, 0.2) is 0 Å². The molecule has 0 fully saturated rings. The van der Waals surface area contributed by atoms with Crippen LogP contribution in [0.2, 0.25) is 0 Å². The fourth-order valence-corrected chi connectivity index (χ4v) is 1.44. The zero-order valence-corrected chi connectivity index (χ0v) is 10.7. The molecule has 7 heteroatoms. The molecule has 2 aromatic heterocycles. The Hall–Kier alpha value is -2.18. The van der Waals surface area contributed by atoms with Crippen LogP contribution in [0.15, 0.2) is 18.3 Å². The summed E-state index contributed by atoms with van der Waals surface area (Å²) in [5.41, 5.74) is 0.967. The number of ether oxygens (including phenoxy) is 1. The molecule has 0 aromatic carbocycles. The molecular weight excluding hydrogens is 232 g/mol. The fourth-order valence-electron chi connectivity index (χ4n) is 1.44. The lowest BCUT2D eigenvalue weighted by atomic mass is 10.2. The Bertz CT molecular complexity index is 510. The van der Waals surface area contributed by atoms with E-state index in [1.807, 2.05) is 26.0 Å². The van der Waals surface area contributed by atoms with E-state index in [0.717, 1.165) is 5.56 Å². The third-order valence-corrected chi connectivity index (χ3v) is 2.25. The summed E-state index contributed by atoms with van der Waals surface area (Å²) in [6.45, 7) is 4.50. The second-order valence-electron chi connectivity index (χ2n) is 4.11. The summed E-state index contributed by atoms with van der Waals surface area (Å²) < 4.78 is 7.20. The smallest absolute Gasteiger partial charge is 0.242 e. The van der Waals surface area contributed by atoms with Gasteiger partial charge in [-0.3, -0.25) is 0 Å². The van der Waals surface area contributed by atoms with Crippen molar-refractivity contribution >= 4 is 5.95 Å². The van der Waals surface area contributed by atoms with Crippen molar-refractivity contribution in [3.8, 4) is 5.88 Å². The Morgan fingerprint density at radius 1 is 1.44 bits per heavy atom. The number of nitrogens with zero attached hydrogens (tertiary/aromatic N) is 5. The van der Waals surface area contributed by atoms with Gasteiger partial charge in [-0.15, -0.1) is 0 Å². The molecule has 0 bridgehead atoms. The van der Waals surface area contributed by atoms with E-state index in [4.69, 9.17) is 4.74 Å². The lowest BCUT2D eigenvalue weighted by Crippen LogP contribution is -2.11. The second-order valence-corrected chi connectivity index (χ2v) is 4.11. The van der Waals surface area contributed by atoms with Gasteiger partial charge in [-0.25, -0.2) is 9.67 Å². The number of pyridine rings is 1. The van der Waals surface area contributed by atoms with Gasteiger partial charge in [0, 0.05) is 25.4 Å². The minimum atomic E-state index is 0.0927. The average molecular weight is 248 g/mol. The first kappa shape index (κ1) is 12.3. The SMILES string of the molecule is CC(C)Oc1ncccc1CNc1nnnn1C. The van der Waals surface area contributed by atoms with Crippen molar-refractivity contribution in [2.75, 3.05) is 5.32 Å². The van der Waals surface area contributed by atoms with E-state index in [1.54, 1.807) is 17.9 Å². The molecule has 0 saturated carbocycles. The molecule has 0 amide bonds. The molecule has 0 radical (unpaired) electrons. The number of aromatic nitrogens is 5. The van der Waals surface area contributed by atoms with Crippen LogP contribution in [0, 0.1) is 0 Å². The summed E-state index contributed by atoms with van der Waals surface area (Å²) in [6.07, 6.45) is 1.81. The van der Waals surface area contributed by atoms with Crippen molar-refractivity contribution < 1.29 is 4.74 Å². The van der Waals surface area contributed by atoms with Crippen LogP contribution in [-0.2, 0) is 13.6 Å². The Labute approximate surface area is 105 Å². The highest BCUT2D eigenvalue weighted by molar-refractivity contribution is 5.31. The molecule has 0 unspecified atom stereocenters. The predicted molar refractivity (Wildman–Crippen MR) is 66.1 cm³/mol. The topological polar surface area (TPSA) is 77.8 Å². The maximum atomic E-state index is 5.64. The van der Waals surface area contributed by atoms with Gasteiger partial charge < -0.3 is 10.1 Å². The van der Waals surface area contributed by atoms with Gasteiger partial charge in [-0.05, 0) is 30.3 Å². The molecule has 7 nitrogen and oxygen atoms in total. The molecule has 96 valence electrons. The van der Waals surface area contributed by atoms with Gasteiger partial charge in [0.2, 0.25) is 11.8 Å². The molecule has 0 saturated heterocycles. The number of aryl methyl sites for hydroxylation is 1. The van der Waals surface area contributed by atoms with Crippen molar-refractivity contribution in [1.29, 1.82) is 0 Å². The molecule has 1 N–H and O–H groups in total. The lowest BCUT2D eigenvalue weighted by Gasteiger charge is -2.13. The summed E-state index contributed by atoms with van der Waals surface area (Å²) in [5, 5.41) is 14.3. The third-order valence-electron chi connectivity index (χ3n) is 2.25. The van der Waals surface area contributed by atoms with E-state index in [0.29, 0.717) is 18.4 Å². The first-order valence-corrected chi connectivity index (χ1v) is 5.73. The Morgan fingerprint density at radius 3 is 2.94 bits per heavy atom. The molecule has 0 atom stereocenters. The highest BCUT2D eigenvalue weighted by atomic mass is 16.5. The first-order valence-electron chi connectivity index (χ1n) is 5.73. The first-order chi connectivity index (χ1) is 8.66. The number of hydrogen-bond donors (Lipinski definition) is 1. The molecule has 2 aromatic rings. The van der Waals surface area contributed by atoms with Crippen LogP contribution in [0.1, 0.15) is 19.4 Å². The van der Waals surface area contributed by atoms with Crippen LogP contribution in [0.5, 0.6) is 5.88 Å². The van der Waals surface area contributed by atoms with Crippen LogP contribution in [-0.4, -0.2) is 31.3 Å². The number of anilines is 1. The van der Waals surface area contributed by atoms with Gasteiger partial charge in [0.1, 0.15) is 0 Å². The summed E-state index contributed by atoms with van der Waals surface area (Å²) >= 11 is 0. The zero-order valence-electron chi connectivity index (χ0n) is 10.7. The van der Waals surface area contributed by atoms with E-state index in [-0.39, 0.29) is 6.10 Å². The quantitative estimate of drug-likeness (QED) is 0.850. The van der Waals surface area contributed by atoms with Crippen molar-refractivity contribution in [3.63, 3.8) is 0 Å². The van der Waals surface area contributed by atoms with E-state index in [2.05, 4.69) is 25.8 Å². The zero-order chi connectivity index (χ0) is 13.0. The minimum Gasteiger partial charge on any atom is -0.475 e. The number of rotatable bonds is 5. The summed E-state index contributed by atoms with van der Waals surface area (Å²) in [5.74, 6) is 1.24. The number of tetrazole rings is 1. The Morgan fingerprint density at radius 2 is 2.28 bits per heavy atom. The van der Waals surface area contributed by atoms with E-state index in [9.17, 15) is 0 Å².